The van der Waals surface area contributed by atoms with E-state index in [2.05, 4.69) is 10.3 Å². The van der Waals surface area contributed by atoms with Crippen LogP contribution in [0.25, 0.3) is 10.4 Å². The first-order valence-electron chi connectivity index (χ1n) is 14.0. The molecule has 244 valence electrons. The summed E-state index contributed by atoms with van der Waals surface area (Å²) < 4.78 is 105. The first kappa shape index (κ1) is 34.2. The van der Waals surface area contributed by atoms with Crippen LogP contribution in [0.4, 0.5) is 26.3 Å². The Balaban J connectivity index is 1.72. The zero-order valence-corrected chi connectivity index (χ0v) is 25.9. The lowest BCUT2D eigenvalue weighted by atomic mass is 9.84. The second-order valence-corrected chi connectivity index (χ2v) is 15.2. The number of sulfone groups is 1. The third-order valence-electron chi connectivity index (χ3n) is 8.51. The Bertz CT molecular complexity index is 1510. The number of halogens is 6. The third kappa shape index (κ3) is 6.62. The number of aliphatic hydroxyl groups is 1. The molecule has 8 nitrogen and oxygen atoms in total. The highest BCUT2D eigenvalue weighted by atomic mass is 32.2. The molecule has 3 heterocycles. The number of thiazole rings is 1. The number of rotatable bonds is 6. The Morgan fingerprint density at radius 2 is 1.73 bits per heavy atom. The Morgan fingerprint density at radius 1 is 1.11 bits per heavy atom. The monoisotopic (exact) mass is 669 g/mol. The fraction of sp³-hybridized carbons (Fsp3) is 0.607. The van der Waals surface area contributed by atoms with Crippen molar-refractivity contribution < 1.29 is 49.5 Å². The van der Waals surface area contributed by atoms with E-state index in [1.165, 1.54) is 6.92 Å². The van der Waals surface area contributed by atoms with E-state index in [9.17, 15) is 49.5 Å². The van der Waals surface area contributed by atoms with Gasteiger partial charge < -0.3 is 15.3 Å². The smallest absolute Gasteiger partial charge is 0.369 e. The first-order chi connectivity index (χ1) is 20.2. The number of alkyl halides is 6. The zero-order chi connectivity index (χ0) is 32.9. The summed E-state index contributed by atoms with van der Waals surface area (Å²) in [4.78, 5) is 32.9. The summed E-state index contributed by atoms with van der Waals surface area (Å²) in [5.41, 5.74) is -7.26. The number of piperidine rings is 1. The number of hydrogen-bond acceptors (Lipinski definition) is 7. The third-order valence-corrected chi connectivity index (χ3v) is 11.2. The predicted molar refractivity (Wildman–Crippen MR) is 151 cm³/mol. The van der Waals surface area contributed by atoms with Crippen molar-refractivity contribution in [2.24, 2.45) is 5.41 Å². The van der Waals surface area contributed by atoms with E-state index in [0.29, 0.717) is 37.9 Å². The topological polar surface area (TPSA) is 117 Å². The molecule has 4 rings (SSSR count). The minimum atomic E-state index is -6.07. The Labute approximate surface area is 254 Å². The van der Waals surface area contributed by atoms with Crippen molar-refractivity contribution in [2.45, 2.75) is 76.9 Å². The van der Waals surface area contributed by atoms with Gasteiger partial charge in [0.2, 0.25) is 0 Å². The molecule has 2 aliphatic heterocycles. The molecule has 2 N–H and O–H groups in total. The summed E-state index contributed by atoms with van der Waals surface area (Å²) in [7, 11) is -3.14. The molecule has 1 atom stereocenters. The van der Waals surface area contributed by atoms with Gasteiger partial charge in [-0.05, 0) is 62.5 Å². The lowest BCUT2D eigenvalue weighted by Gasteiger charge is -2.33. The van der Waals surface area contributed by atoms with Gasteiger partial charge in [-0.15, -0.1) is 11.3 Å². The molecule has 1 aromatic carbocycles. The molecule has 44 heavy (non-hydrogen) atoms. The molecule has 2 aliphatic rings. The lowest BCUT2D eigenvalue weighted by molar-refractivity contribution is -0.376. The van der Waals surface area contributed by atoms with Gasteiger partial charge in [-0.2, -0.15) is 26.3 Å². The van der Waals surface area contributed by atoms with E-state index in [0.717, 1.165) is 30.2 Å². The van der Waals surface area contributed by atoms with Gasteiger partial charge in [-0.25, -0.2) is 13.4 Å². The van der Waals surface area contributed by atoms with E-state index in [1.54, 1.807) is 4.90 Å². The molecule has 2 fully saturated rings. The van der Waals surface area contributed by atoms with Crippen molar-refractivity contribution in [3.8, 4) is 10.4 Å². The molecule has 0 aliphatic carbocycles. The van der Waals surface area contributed by atoms with Gasteiger partial charge in [0, 0.05) is 24.7 Å². The Hall–Kier alpha value is -2.72. The summed E-state index contributed by atoms with van der Waals surface area (Å²) in [5.74, 6) is -1.21. The van der Waals surface area contributed by atoms with E-state index >= 15 is 0 Å². The molecule has 2 saturated heterocycles. The van der Waals surface area contributed by atoms with Crippen molar-refractivity contribution >= 4 is 33.0 Å². The summed E-state index contributed by atoms with van der Waals surface area (Å²) in [6, 6.07) is 1.84. The van der Waals surface area contributed by atoms with Gasteiger partial charge in [0.25, 0.3) is 17.4 Å². The van der Waals surface area contributed by atoms with Crippen LogP contribution in [0.2, 0.25) is 0 Å². The molecule has 1 aromatic heterocycles. The van der Waals surface area contributed by atoms with Crippen LogP contribution in [-0.2, 0) is 15.4 Å². The van der Waals surface area contributed by atoms with E-state index in [1.807, 2.05) is 13.8 Å². The SMILES string of the molecule is Cc1cc(C(O)(C(F)(F)F)C(F)(F)F)ccc1-c1sc(C(=O)NCC2(C)CCS(=O)(=O)CC2)nc1C(=O)N1CCCC[C@@H]1C. The van der Waals surface area contributed by atoms with Gasteiger partial charge in [0.15, 0.2) is 5.01 Å². The van der Waals surface area contributed by atoms with Crippen LogP contribution in [0.3, 0.4) is 0 Å². The van der Waals surface area contributed by atoms with Crippen molar-refractivity contribution in [1.82, 2.24) is 15.2 Å². The van der Waals surface area contributed by atoms with Crippen molar-refractivity contribution in [3.05, 3.63) is 40.0 Å². The molecule has 2 aromatic rings. The highest BCUT2D eigenvalue weighted by Gasteiger charge is 2.71. The van der Waals surface area contributed by atoms with E-state index in [4.69, 9.17) is 0 Å². The summed E-state index contributed by atoms with van der Waals surface area (Å²) >= 11 is 0.765. The van der Waals surface area contributed by atoms with Crippen molar-refractivity contribution in [2.75, 3.05) is 24.6 Å². The highest BCUT2D eigenvalue weighted by molar-refractivity contribution is 7.91. The van der Waals surface area contributed by atoms with E-state index < -0.39 is 50.6 Å². The van der Waals surface area contributed by atoms with Crippen molar-refractivity contribution in [1.29, 1.82) is 0 Å². The molecular formula is C28H33F6N3O5S2. The number of aromatic nitrogens is 1. The number of carbonyl (C=O) groups is 2. The normalized spacial score (nSPS) is 20.8. The number of nitrogens with one attached hydrogen (secondary N) is 1. The molecule has 0 spiro atoms. The maximum absolute atomic E-state index is 13.7. The average Bonchev–Trinajstić information content (AvgIpc) is 3.37. The summed E-state index contributed by atoms with van der Waals surface area (Å²) in [6.07, 6.45) is -9.14. The summed E-state index contributed by atoms with van der Waals surface area (Å²) in [6.45, 7) is 5.46. The van der Waals surface area contributed by atoms with Crippen LogP contribution in [0.15, 0.2) is 18.2 Å². The standard InChI is InChI=1S/C28H33F6N3O5S2/c1-16-14-18(26(40,27(29,30)31)28(32,33)34)7-8-19(16)21-20(24(39)37-11-5-4-6-17(37)2)36-23(43-21)22(38)35-15-25(3)9-12-44(41,42)13-10-25/h7-8,14,17,40H,4-6,9-13,15H2,1-3H3,(H,35,38)/t17-/m0/s1. The zero-order valence-electron chi connectivity index (χ0n) is 24.2. The summed E-state index contributed by atoms with van der Waals surface area (Å²) in [5, 5.41) is 12.5. The van der Waals surface area contributed by atoms with Gasteiger partial charge in [0.05, 0.1) is 16.4 Å². The molecule has 2 amide bonds. The quantitative estimate of drug-likeness (QED) is 0.399. The number of amides is 2. The maximum Gasteiger partial charge on any atom is 0.430 e. The largest absolute Gasteiger partial charge is 0.430 e. The molecule has 0 bridgehead atoms. The van der Waals surface area contributed by atoms with Crippen LogP contribution in [0.1, 0.15) is 77.4 Å². The second-order valence-electron chi connectivity index (χ2n) is 11.9. The van der Waals surface area contributed by atoms with E-state index in [-0.39, 0.29) is 50.8 Å². The fourth-order valence-electron chi connectivity index (χ4n) is 5.49. The number of nitrogens with zero attached hydrogens (tertiary/aromatic N) is 2. The molecule has 0 saturated carbocycles. The average molecular weight is 670 g/mol. The molecule has 0 unspecified atom stereocenters. The molecular weight excluding hydrogens is 636 g/mol. The minimum Gasteiger partial charge on any atom is -0.369 e. The van der Waals surface area contributed by atoms with Crippen LogP contribution in [-0.4, -0.2) is 78.2 Å². The number of likely N-dealkylation sites (tertiary alicyclic amines) is 1. The fourth-order valence-corrected chi connectivity index (χ4v) is 8.36. The van der Waals surface area contributed by atoms with Gasteiger partial charge in [0.1, 0.15) is 15.5 Å². The first-order valence-corrected chi connectivity index (χ1v) is 16.6. The van der Waals surface area contributed by atoms with Gasteiger partial charge in [-0.1, -0.05) is 25.1 Å². The van der Waals surface area contributed by atoms with Crippen LogP contribution >= 0.6 is 11.3 Å². The van der Waals surface area contributed by atoms with Gasteiger partial charge in [-0.3, -0.25) is 9.59 Å². The number of benzene rings is 1. The molecule has 16 heteroatoms. The second kappa shape index (κ2) is 11.9. The van der Waals surface area contributed by atoms with Crippen LogP contribution in [0, 0.1) is 12.3 Å². The predicted octanol–water partition coefficient (Wildman–Crippen LogP) is 5.39. The number of aryl methyl sites for hydroxylation is 1. The lowest BCUT2D eigenvalue weighted by Crippen LogP contribution is -2.53. The van der Waals surface area contributed by atoms with Crippen LogP contribution < -0.4 is 5.32 Å². The maximum atomic E-state index is 13.7. The Morgan fingerprint density at radius 3 is 2.27 bits per heavy atom. The number of hydrogen-bond donors (Lipinski definition) is 2. The van der Waals surface area contributed by atoms with Crippen LogP contribution in [0.5, 0.6) is 0 Å². The number of carbonyl (C=O) groups excluding carboxylic acids is 2. The van der Waals surface area contributed by atoms with Crippen molar-refractivity contribution in [3.63, 3.8) is 0 Å². The highest BCUT2D eigenvalue weighted by Crippen LogP contribution is 2.50. The van der Waals surface area contributed by atoms with Gasteiger partial charge >= 0.3 is 12.4 Å². The molecule has 0 radical (unpaired) electrons. The minimum absolute atomic E-state index is 0.0134. The Kier molecular flexibility index (Phi) is 9.24.